The SMILES string of the molecule is CCCN(CCC)c1ccc(C(=O)Nc2cc(OC)c(Cl)cc2OC)nc1. The lowest BCUT2D eigenvalue weighted by Gasteiger charge is -2.23. The molecule has 1 aromatic carbocycles. The first kappa shape index (κ1) is 20.8. The molecular formula is C20H26ClN3O3. The van der Waals surface area contributed by atoms with Crippen LogP contribution < -0.4 is 19.7 Å². The molecular weight excluding hydrogens is 366 g/mol. The van der Waals surface area contributed by atoms with Crippen LogP contribution in [0.3, 0.4) is 0 Å². The van der Waals surface area contributed by atoms with Crippen LogP contribution in [-0.4, -0.2) is 38.2 Å². The summed E-state index contributed by atoms with van der Waals surface area (Å²) in [7, 11) is 3.02. The van der Waals surface area contributed by atoms with Gasteiger partial charge in [0.2, 0.25) is 0 Å². The van der Waals surface area contributed by atoms with Crippen LogP contribution in [-0.2, 0) is 0 Å². The number of nitrogens with one attached hydrogen (secondary N) is 1. The van der Waals surface area contributed by atoms with Gasteiger partial charge >= 0.3 is 0 Å². The molecule has 1 aromatic heterocycles. The number of carbonyl (C=O) groups is 1. The maximum absolute atomic E-state index is 12.6. The molecule has 1 N–H and O–H groups in total. The van der Waals surface area contributed by atoms with Crippen molar-refractivity contribution in [2.75, 3.05) is 37.5 Å². The lowest BCUT2D eigenvalue weighted by atomic mass is 10.2. The third-order valence-electron chi connectivity index (χ3n) is 4.05. The van der Waals surface area contributed by atoms with Gasteiger partial charge in [-0.05, 0) is 25.0 Å². The number of benzene rings is 1. The first-order chi connectivity index (χ1) is 13.0. The zero-order chi connectivity index (χ0) is 19.8. The summed E-state index contributed by atoms with van der Waals surface area (Å²) in [4.78, 5) is 19.2. The quantitative estimate of drug-likeness (QED) is 0.675. The highest BCUT2D eigenvalue weighted by molar-refractivity contribution is 6.32. The number of amides is 1. The highest BCUT2D eigenvalue weighted by Gasteiger charge is 2.15. The number of rotatable bonds is 9. The highest BCUT2D eigenvalue weighted by atomic mass is 35.5. The molecule has 2 rings (SSSR count). The lowest BCUT2D eigenvalue weighted by molar-refractivity contribution is 0.102. The second-order valence-electron chi connectivity index (χ2n) is 6.03. The Hall–Kier alpha value is -2.47. The second-order valence-corrected chi connectivity index (χ2v) is 6.44. The largest absolute Gasteiger partial charge is 0.495 e. The van der Waals surface area contributed by atoms with E-state index in [4.69, 9.17) is 21.1 Å². The average Bonchev–Trinajstić information content (AvgIpc) is 2.68. The molecule has 1 amide bonds. The van der Waals surface area contributed by atoms with E-state index < -0.39 is 0 Å². The summed E-state index contributed by atoms with van der Waals surface area (Å²) < 4.78 is 10.5. The summed E-state index contributed by atoms with van der Waals surface area (Å²) in [5, 5.41) is 3.20. The number of pyridine rings is 1. The first-order valence-electron chi connectivity index (χ1n) is 8.97. The van der Waals surface area contributed by atoms with Crippen molar-refractivity contribution in [1.82, 2.24) is 4.98 Å². The number of nitrogens with zero attached hydrogens (tertiary/aromatic N) is 2. The van der Waals surface area contributed by atoms with Gasteiger partial charge in [0.25, 0.3) is 5.91 Å². The molecule has 0 saturated heterocycles. The molecule has 0 aliphatic carbocycles. The van der Waals surface area contributed by atoms with Gasteiger partial charge in [-0.1, -0.05) is 25.4 Å². The molecule has 0 radical (unpaired) electrons. The molecule has 146 valence electrons. The van der Waals surface area contributed by atoms with Crippen LogP contribution in [0, 0.1) is 0 Å². The monoisotopic (exact) mass is 391 g/mol. The van der Waals surface area contributed by atoms with Crippen molar-refractivity contribution in [3.63, 3.8) is 0 Å². The van der Waals surface area contributed by atoms with Crippen molar-refractivity contribution in [2.45, 2.75) is 26.7 Å². The zero-order valence-electron chi connectivity index (χ0n) is 16.2. The van der Waals surface area contributed by atoms with Crippen LogP contribution in [0.25, 0.3) is 0 Å². The molecule has 7 heteroatoms. The van der Waals surface area contributed by atoms with Gasteiger partial charge in [0.15, 0.2) is 0 Å². The predicted molar refractivity (Wildman–Crippen MR) is 110 cm³/mol. The first-order valence-corrected chi connectivity index (χ1v) is 9.35. The summed E-state index contributed by atoms with van der Waals surface area (Å²) >= 11 is 6.10. The Morgan fingerprint density at radius 3 is 2.30 bits per heavy atom. The molecule has 6 nitrogen and oxygen atoms in total. The van der Waals surface area contributed by atoms with Gasteiger partial charge in [0, 0.05) is 25.2 Å². The van der Waals surface area contributed by atoms with Crippen molar-refractivity contribution >= 4 is 28.9 Å². The van der Waals surface area contributed by atoms with Crippen LogP contribution in [0.4, 0.5) is 11.4 Å². The Balaban J connectivity index is 2.19. The third kappa shape index (κ3) is 5.26. The topological polar surface area (TPSA) is 63.7 Å². The zero-order valence-corrected chi connectivity index (χ0v) is 17.0. The number of hydrogen-bond acceptors (Lipinski definition) is 5. The van der Waals surface area contributed by atoms with Crippen LogP contribution in [0.2, 0.25) is 5.02 Å². The van der Waals surface area contributed by atoms with E-state index in [0.717, 1.165) is 31.6 Å². The maximum atomic E-state index is 12.6. The summed E-state index contributed by atoms with van der Waals surface area (Å²) in [6, 6.07) is 6.87. The molecule has 0 aliphatic rings. The van der Waals surface area contributed by atoms with E-state index in [1.807, 2.05) is 6.07 Å². The summed E-state index contributed by atoms with van der Waals surface area (Å²) in [6.45, 7) is 6.21. The van der Waals surface area contributed by atoms with E-state index in [1.54, 1.807) is 24.4 Å². The van der Waals surface area contributed by atoms with E-state index in [0.29, 0.717) is 27.9 Å². The van der Waals surface area contributed by atoms with Gasteiger partial charge in [0.05, 0.1) is 36.8 Å². The van der Waals surface area contributed by atoms with Crippen LogP contribution >= 0.6 is 11.6 Å². The van der Waals surface area contributed by atoms with Gasteiger partial charge in [-0.15, -0.1) is 0 Å². The van der Waals surface area contributed by atoms with Gasteiger partial charge in [0.1, 0.15) is 17.2 Å². The van der Waals surface area contributed by atoms with E-state index in [1.165, 1.54) is 14.2 Å². The van der Waals surface area contributed by atoms with Crippen molar-refractivity contribution in [1.29, 1.82) is 0 Å². The van der Waals surface area contributed by atoms with Crippen molar-refractivity contribution in [2.24, 2.45) is 0 Å². The summed E-state index contributed by atoms with van der Waals surface area (Å²) in [5.74, 6) is 0.565. The number of aromatic nitrogens is 1. The van der Waals surface area contributed by atoms with Gasteiger partial charge in [-0.2, -0.15) is 0 Å². The minimum absolute atomic E-state index is 0.322. The number of carbonyl (C=O) groups excluding carboxylic acids is 1. The fourth-order valence-corrected chi connectivity index (χ4v) is 2.99. The molecule has 0 aliphatic heterocycles. The second kappa shape index (κ2) is 10.0. The smallest absolute Gasteiger partial charge is 0.274 e. The number of ether oxygens (including phenoxy) is 2. The Morgan fingerprint density at radius 1 is 1.11 bits per heavy atom. The molecule has 0 saturated carbocycles. The van der Waals surface area contributed by atoms with Crippen molar-refractivity contribution < 1.29 is 14.3 Å². The molecule has 0 spiro atoms. The Bertz CT molecular complexity index is 760. The summed E-state index contributed by atoms with van der Waals surface area (Å²) in [6.07, 6.45) is 3.85. The number of methoxy groups -OCH3 is 2. The van der Waals surface area contributed by atoms with E-state index in [2.05, 4.69) is 29.0 Å². The van der Waals surface area contributed by atoms with Gasteiger partial charge in [-0.25, -0.2) is 4.98 Å². The fourth-order valence-electron chi connectivity index (χ4n) is 2.76. The molecule has 27 heavy (non-hydrogen) atoms. The van der Waals surface area contributed by atoms with Crippen molar-refractivity contribution in [3.05, 3.63) is 41.2 Å². The van der Waals surface area contributed by atoms with Crippen LogP contribution in [0.1, 0.15) is 37.2 Å². The molecule has 0 fully saturated rings. The molecule has 0 atom stereocenters. The molecule has 1 heterocycles. The Kier molecular flexibility index (Phi) is 7.73. The minimum Gasteiger partial charge on any atom is -0.495 e. The van der Waals surface area contributed by atoms with Gasteiger partial charge < -0.3 is 19.7 Å². The van der Waals surface area contributed by atoms with Crippen LogP contribution in [0.5, 0.6) is 11.5 Å². The highest BCUT2D eigenvalue weighted by Crippen LogP contribution is 2.36. The van der Waals surface area contributed by atoms with Crippen molar-refractivity contribution in [3.8, 4) is 11.5 Å². The standard InChI is InChI=1S/C20H26ClN3O3/c1-5-9-24(10-6-2)14-7-8-16(22-13-14)20(25)23-17-12-18(26-3)15(21)11-19(17)27-4/h7-8,11-13H,5-6,9-10H2,1-4H3,(H,23,25). The Labute approximate surface area is 165 Å². The number of halogens is 1. The molecule has 2 aromatic rings. The minimum atomic E-state index is -0.332. The van der Waals surface area contributed by atoms with E-state index in [-0.39, 0.29) is 5.91 Å². The van der Waals surface area contributed by atoms with Gasteiger partial charge in [-0.3, -0.25) is 4.79 Å². The summed E-state index contributed by atoms with van der Waals surface area (Å²) in [5.41, 5.74) is 1.80. The average molecular weight is 392 g/mol. The fraction of sp³-hybridized carbons (Fsp3) is 0.400. The lowest BCUT2D eigenvalue weighted by Crippen LogP contribution is -2.25. The number of anilines is 2. The number of hydrogen-bond donors (Lipinski definition) is 1. The predicted octanol–water partition coefficient (Wildman–Crippen LogP) is 4.63. The molecule has 0 bridgehead atoms. The van der Waals surface area contributed by atoms with E-state index >= 15 is 0 Å². The third-order valence-corrected chi connectivity index (χ3v) is 4.35. The van der Waals surface area contributed by atoms with E-state index in [9.17, 15) is 4.79 Å². The molecule has 0 unspecified atom stereocenters. The maximum Gasteiger partial charge on any atom is 0.274 e. The van der Waals surface area contributed by atoms with Crippen LogP contribution in [0.15, 0.2) is 30.5 Å². The Morgan fingerprint density at radius 2 is 1.78 bits per heavy atom. The normalized spacial score (nSPS) is 10.4.